The number of nitrogens with zero attached hydrogens (tertiary/aromatic N) is 1. The van der Waals surface area contributed by atoms with Crippen molar-refractivity contribution in [3.8, 4) is 0 Å². The summed E-state index contributed by atoms with van der Waals surface area (Å²) in [6.07, 6.45) is 4.29. The first-order chi connectivity index (χ1) is 4.21. The van der Waals surface area contributed by atoms with Crippen molar-refractivity contribution in [1.82, 2.24) is 0 Å². The number of hydrogen-bond acceptors (Lipinski definition) is 3. The minimum atomic E-state index is -3.28. The summed E-state index contributed by atoms with van der Waals surface area (Å²) in [7, 11) is -3.28. The monoisotopic (exact) mass is 142 g/mol. The fraction of sp³-hybridized carbons (Fsp3) is 0. The highest BCUT2D eigenvalue weighted by Gasteiger charge is 2.00. The van der Waals surface area contributed by atoms with Gasteiger partial charge in [-0.3, -0.25) is 0 Å². The van der Waals surface area contributed by atoms with Gasteiger partial charge >= 0.3 is 0 Å². The summed E-state index contributed by atoms with van der Waals surface area (Å²) >= 11 is 0. The van der Waals surface area contributed by atoms with Crippen LogP contribution in [0.4, 0.5) is 0 Å². The summed E-state index contributed by atoms with van der Waals surface area (Å²) in [5.41, 5.74) is 1.94. The van der Waals surface area contributed by atoms with Crippen LogP contribution in [-0.4, -0.2) is 14.0 Å². The van der Waals surface area contributed by atoms with Crippen molar-refractivity contribution in [2.75, 3.05) is 0 Å². The molecule has 4 heteroatoms. The standard InChI is InChI=1S/C5H4NO2S/c7-9(8)4-2-1-3-6-5-9/h1-4H. The topological polar surface area (TPSA) is 46.5 Å². The highest BCUT2D eigenvalue weighted by molar-refractivity contribution is 8.07. The molecule has 9 heavy (non-hydrogen) atoms. The van der Waals surface area contributed by atoms with E-state index in [2.05, 4.69) is 4.99 Å². The minimum absolute atomic E-state index is 1.04. The zero-order chi connectivity index (χ0) is 6.74. The average Bonchev–Trinajstić information content (AvgIpc) is 1.92. The normalized spacial score (nSPS) is 21.8. The number of allylic oxidation sites excluding steroid dienone is 2. The lowest BCUT2D eigenvalue weighted by atomic mass is 10.6. The van der Waals surface area contributed by atoms with Crippen molar-refractivity contribution in [3.63, 3.8) is 0 Å². The molecule has 0 aromatic heterocycles. The lowest BCUT2D eigenvalue weighted by Gasteiger charge is -1.77. The molecule has 1 radical (unpaired) electrons. The summed E-state index contributed by atoms with van der Waals surface area (Å²) in [5.74, 6) is 0. The van der Waals surface area contributed by atoms with E-state index in [1.54, 1.807) is 0 Å². The van der Waals surface area contributed by atoms with Gasteiger partial charge in [-0.25, -0.2) is 13.4 Å². The van der Waals surface area contributed by atoms with Crippen LogP contribution >= 0.6 is 0 Å². The van der Waals surface area contributed by atoms with E-state index in [0.717, 1.165) is 5.41 Å². The molecule has 0 saturated carbocycles. The lowest BCUT2D eigenvalue weighted by Crippen LogP contribution is -1.92. The quantitative estimate of drug-likeness (QED) is 0.490. The Morgan fingerprint density at radius 1 is 1.33 bits per heavy atom. The molecule has 0 saturated heterocycles. The molecule has 0 spiro atoms. The summed E-state index contributed by atoms with van der Waals surface area (Å²) < 4.78 is 21.1. The molecule has 3 nitrogen and oxygen atoms in total. The highest BCUT2D eigenvalue weighted by atomic mass is 32.2. The molecule has 0 unspecified atom stereocenters. The van der Waals surface area contributed by atoms with Crippen LogP contribution < -0.4 is 0 Å². The van der Waals surface area contributed by atoms with Crippen LogP contribution in [0.5, 0.6) is 0 Å². The number of aliphatic imine (C=N–C) groups is 1. The van der Waals surface area contributed by atoms with Gasteiger partial charge in [0, 0.05) is 11.6 Å². The molecule has 0 atom stereocenters. The summed E-state index contributed by atoms with van der Waals surface area (Å²) in [6.45, 7) is 0. The molecule has 47 valence electrons. The molecule has 0 aromatic rings. The zero-order valence-electron chi connectivity index (χ0n) is 4.48. The summed E-state index contributed by atoms with van der Waals surface area (Å²) in [5, 5.41) is 1.04. The molecule has 0 aliphatic carbocycles. The van der Waals surface area contributed by atoms with Crippen LogP contribution in [0.15, 0.2) is 28.8 Å². The Balaban J connectivity index is 3.11. The van der Waals surface area contributed by atoms with E-state index >= 15 is 0 Å². The zero-order valence-corrected chi connectivity index (χ0v) is 5.30. The Labute approximate surface area is 53.3 Å². The Bertz CT molecular complexity index is 249. The van der Waals surface area contributed by atoms with Crippen LogP contribution in [0.2, 0.25) is 0 Å². The van der Waals surface area contributed by atoms with Crippen LogP contribution in [-0.2, 0) is 9.84 Å². The van der Waals surface area contributed by atoms with Crippen molar-refractivity contribution in [2.24, 2.45) is 4.99 Å². The second-order valence-corrected chi connectivity index (χ2v) is 2.98. The van der Waals surface area contributed by atoms with Crippen LogP contribution in [0, 0.1) is 0 Å². The van der Waals surface area contributed by atoms with Gasteiger partial charge < -0.3 is 0 Å². The fourth-order valence-corrected chi connectivity index (χ4v) is 0.942. The predicted molar refractivity (Wildman–Crippen MR) is 34.6 cm³/mol. The van der Waals surface area contributed by atoms with Crippen LogP contribution in [0.25, 0.3) is 0 Å². The van der Waals surface area contributed by atoms with Gasteiger partial charge in [0.05, 0.1) is 0 Å². The van der Waals surface area contributed by atoms with E-state index < -0.39 is 9.84 Å². The molecule has 0 fully saturated rings. The van der Waals surface area contributed by atoms with E-state index in [9.17, 15) is 8.42 Å². The fourth-order valence-electron chi connectivity index (χ4n) is 0.376. The van der Waals surface area contributed by atoms with Gasteiger partial charge in [0.2, 0.25) is 9.84 Å². The first-order valence-electron chi connectivity index (χ1n) is 2.25. The maximum Gasteiger partial charge on any atom is 0.220 e. The van der Waals surface area contributed by atoms with E-state index in [4.69, 9.17) is 0 Å². The van der Waals surface area contributed by atoms with E-state index in [0.29, 0.717) is 0 Å². The largest absolute Gasteiger partial charge is 0.242 e. The molecule has 0 N–H and O–H groups in total. The van der Waals surface area contributed by atoms with E-state index in [-0.39, 0.29) is 0 Å². The molecule has 1 heterocycles. The number of sulfone groups is 1. The minimum Gasteiger partial charge on any atom is -0.242 e. The van der Waals surface area contributed by atoms with Gasteiger partial charge in [0.25, 0.3) is 0 Å². The van der Waals surface area contributed by atoms with E-state index in [1.165, 1.54) is 18.4 Å². The van der Waals surface area contributed by atoms with Crippen molar-refractivity contribution < 1.29 is 8.42 Å². The maximum absolute atomic E-state index is 10.5. The third-order valence-electron chi connectivity index (χ3n) is 0.709. The van der Waals surface area contributed by atoms with Crippen LogP contribution in [0.1, 0.15) is 0 Å². The Hall–Kier alpha value is -0.900. The van der Waals surface area contributed by atoms with Gasteiger partial charge in [0.1, 0.15) is 0 Å². The SMILES string of the molecule is O=S1(=O)[C]=NC=CC=C1. The third kappa shape index (κ3) is 1.81. The molecule has 1 aliphatic heterocycles. The summed E-state index contributed by atoms with van der Waals surface area (Å²) in [6, 6.07) is 0. The van der Waals surface area contributed by atoms with Gasteiger partial charge in [-0.15, -0.1) is 0 Å². The Morgan fingerprint density at radius 2 is 2.11 bits per heavy atom. The van der Waals surface area contributed by atoms with Gasteiger partial charge in [0.15, 0.2) is 5.55 Å². The molecule has 1 aliphatic rings. The maximum atomic E-state index is 10.5. The van der Waals surface area contributed by atoms with Crippen LogP contribution in [0.3, 0.4) is 0 Å². The highest BCUT2D eigenvalue weighted by Crippen LogP contribution is 1.93. The lowest BCUT2D eigenvalue weighted by molar-refractivity contribution is 0.616. The predicted octanol–water partition coefficient (Wildman–Crippen LogP) is 0.348. The van der Waals surface area contributed by atoms with Crippen molar-refractivity contribution in [3.05, 3.63) is 23.8 Å². The molecule has 1 rings (SSSR count). The first kappa shape index (κ1) is 6.22. The molecular formula is C5H4NO2S. The van der Waals surface area contributed by atoms with Crippen molar-refractivity contribution in [1.29, 1.82) is 0 Å². The second kappa shape index (κ2) is 2.14. The molecule has 0 aromatic carbocycles. The molecule has 0 amide bonds. The average molecular weight is 142 g/mol. The Kier molecular flexibility index (Phi) is 1.48. The third-order valence-corrected chi connectivity index (χ3v) is 1.58. The van der Waals surface area contributed by atoms with Crippen molar-refractivity contribution in [2.45, 2.75) is 0 Å². The van der Waals surface area contributed by atoms with E-state index in [1.807, 2.05) is 5.55 Å². The smallest absolute Gasteiger partial charge is 0.220 e. The van der Waals surface area contributed by atoms with Gasteiger partial charge in [-0.1, -0.05) is 0 Å². The Morgan fingerprint density at radius 3 is 2.89 bits per heavy atom. The van der Waals surface area contributed by atoms with Crippen molar-refractivity contribution >= 4 is 15.4 Å². The molecular weight excluding hydrogens is 138 g/mol. The first-order valence-corrected chi connectivity index (χ1v) is 3.80. The summed E-state index contributed by atoms with van der Waals surface area (Å²) in [4.78, 5) is 3.34. The second-order valence-electron chi connectivity index (χ2n) is 1.44. The number of hydrogen-bond donors (Lipinski definition) is 0. The number of rotatable bonds is 0. The van der Waals surface area contributed by atoms with Gasteiger partial charge in [-0.2, -0.15) is 0 Å². The van der Waals surface area contributed by atoms with Gasteiger partial charge in [-0.05, 0) is 12.2 Å². The molecule has 0 bridgehead atoms.